The van der Waals surface area contributed by atoms with E-state index < -0.39 is 0 Å². The minimum Gasteiger partial charge on any atom is -0.493 e. The molecular weight excluding hydrogens is 222 g/mol. The molecule has 0 bridgehead atoms. The molecule has 98 valence electrons. The zero-order valence-electron chi connectivity index (χ0n) is 11.4. The normalized spacial score (nSPS) is 30.5. The van der Waals surface area contributed by atoms with Gasteiger partial charge in [0.25, 0.3) is 0 Å². The van der Waals surface area contributed by atoms with Crippen molar-refractivity contribution in [3.63, 3.8) is 0 Å². The van der Waals surface area contributed by atoms with Crippen LogP contribution in [-0.4, -0.2) is 19.2 Å². The highest BCUT2D eigenvalue weighted by atomic mass is 16.5. The Bertz CT molecular complexity index is 429. The Morgan fingerprint density at radius 2 is 2.17 bits per heavy atom. The summed E-state index contributed by atoms with van der Waals surface area (Å²) in [6.07, 6.45) is 3.67. The molecule has 2 heterocycles. The topological polar surface area (TPSA) is 21.3 Å². The average molecular weight is 245 g/mol. The quantitative estimate of drug-likeness (QED) is 0.864. The fourth-order valence-electron chi connectivity index (χ4n) is 3.72. The highest BCUT2D eigenvalue weighted by molar-refractivity contribution is 5.43. The summed E-state index contributed by atoms with van der Waals surface area (Å²) in [4.78, 5) is 0. The number of nitrogens with one attached hydrogen (secondary N) is 1. The maximum atomic E-state index is 5.84. The van der Waals surface area contributed by atoms with Gasteiger partial charge in [-0.05, 0) is 37.8 Å². The maximum absolute atomic E-state index is 5.84. The Kier molecular flexibility index (Phi) is 3.06. The van der Waals surface area contributed by atoms with Gasteiger partial charge in [-0.25, -0.2) is 0 Å². The van der Waals surface area contributed by atoms with Crippen molar-refractivity contribution in [2.75, 3.05) is 13.2 Å². The number of benzene rings is 1. The molecule has 2 unspecified atom stereocenters. The molecule has 18 heavy (non-hydrogen) atoms. The van der Waals surface area contributed by atoms with Crippen molar-refractivity contribution in [2.45, 2.75) is 44.6 Å². The van der Waals surface area contributed by atoms with Crippen LogP contribution in [0.5, 0.6) is 5.75 Å². The lowest BCUT2D eigenvalue weighted by atomic mass is 9.68. The first kappa shape index (κ1) is 12.0. The number of para-hydroxylation sites is 1. The van der Waals surface area contributed by atoms with E-state index in [1.165, 1.54) is 18.4 Å². The number of hydrogen-bond acceptors (Lipinski definition) is 2. The van der Waals surface area contributed by atoms with E-state index in [2.05, 4.69) is 43.4 Å². The highest BCUT2D eigenvalue weighted by Crippen LogP contribution is 2.47. The van der Waals surface area contributed by atoms with E-state index >= 15 is 0 Å². The molecule has 1 N–H and O–H groups in total. The fraction of sp³-hybridized carbons (Fsp3) is 0.625. The van der Waals surface area contributed by atoms with E-state index in [-0.39, 0.29) is 0 Å². The van der Waals surface area contributed by atoms with E-state index in [9.17, 15) is 0 Å². The monoisotopic (exact) mass is 245 g/mol. The molecule has 1 saturated heterocycles. The predicted molar refractivity (Wildman–Crippen MR) is 74.1 cm³/mol. The first-order chi connectivity index (χ1) is 8.72. The second kappa shape index (κ2) is 4.58. The van der Waals surface area contributed by atoms with Crippen LogP contribution in [0.2, 0.25) is 0 Å². The van der Waals surface area contributed by atoms with E-state index in [1.54, 1.807) is 0 Å². The summed E-state index contributed by atoms with van der Waals surface area (Å²) in [5.74, 6) is 1.86. The van der Waals surface area contributed by atoms with Crippen LogP contribution in [0.4, 0.5) is 0 Å². The Balaban J connectivity index is 1.99. The lowest BCUT2D eigenvalue weighted by Gasteiger charge is -2.40. The zero-order valence-corrected chi connectivity index (χ0v) is 11.4. The molecule has 2 nitrogen and oxygen atoms in total. The first-order valence-corrected chi connectivity index (χ1v) is 7.18. The molecule has 2 atom stereocenters. The SMILES string of the molecule is CC(C)CC1NCCC12CCOc1ccccc12. The fourth-order valence-corrected chi connectivity index (χ4v) is 3.72. The Morgan fingerprint density at radius 3 is 3.00 bits per heavy atom. The van der Waals surface area contributed by atoms with Gasteiger partial charge in [-0.3, -0.25) is 0 Å². The Labute approximate surface area is 110 Å². The summed E-state index contributed by atoms with van der Waals surface area (Å²) >= 11 is 0. The van der Waals surface area contributed by atoms with Crippen molar-refractivity contribution in [3.05, 3.63) is 29.8 Å². The summed E-state index contributed by atoms with van der Waals surface area (Å²) in [7, 11) is 0. The van der Waals surface area contributed by atoms with Crippen LogP contribution in [0.1, 0.15) is 38.7 Å². The maximum Gasteiger partial charge on any atom is 0.123 e. The van der Waals surface area contributed by atoms with Crippen molar-refractivity contribution in [3.8, 4) is 5.75 Å². The summed E-state index contributed by atoms with van der Waals surface area (Å²) in [5.41, 5.74) is 1.76. The van der Waals surface area contributed by atoms with Gasteiger partial charge >= 0.3 is 0 Å². The number of ether oxygens (including phenoxy) is 1. The smallest absolute Gasteiger partial charge is 0.123 e. The van der Waals surface area contributed by atoms with Crippen LogP contribution >= 0.6 is 0 Å². The van der Waals surface area contributed by atoms with Crippen molar-refractivity contribution in [1.29, 1.82) is 0 Å². The molecule has 1 aromatic rings. The molecule has 1 fully saturated rings. The molecule has 2 heteroatoms. The van der Waals surface area contributed by atoms with Crippen molar-refractivity contribution >= 4 is 0 Å². The first-order valence-electron chi connectivity index (χ1n) is 7.18. The second-order valence-electron chi connectivity index (χ2n) is 6.14. The predicted octanol–water partition coefficient (Wildman–Crippen LogP) is 3.11. The molecular formula is C16H23NO. The van der Waals surface area contributed by atoms with Gasteiger partial charge in [-0.2, -0.15) is 0 Å². The van der Waals surface area contributed by atoms with Crippen LogP contribution in [-0.2, 0) is 5.41 Å². The highest BCUT2D eigenvalue weighted by Gasteiger charge is 2.47. The standard InChI is InChI=1S/C16H23NO/c1-12(2)11-15-16(7-9-17-15)8-10-18-14-6-4-3-5-13(14)16/h3-6,12,15,17H,7-11H2,1-2H3. The van der Waals surface area contributed by atoms with Gasteiger partial charge in [0.2, 0.25) is 0 Å². The van der Waals surface area contributed by atoms with Crippen LogP contribution in [0.3, 0.4) is 0 Å². The van der Waals surface area contributed by atoms with E-state index in [4.69, 9.17) is 4.74 Å². The Morgan fingerprint density at radius 1 is 1.33 bits per heavy atom. The van der Waals surface area contributed by atoms with Crippen molar-refractivity contribution < 1.29 is 4.74 Å². The molecule has 0 aliphatic carbocycles. The minimum absolute atomic E-state index is 0.319. The van der Waals surface area contributed by atoms with Gasteiger partial charge < -0.3 is 10.1 Å². The molecule has 0 radical (unpaired) electrons. The Hall–Kier alpha value is -1.02. The molecule has 1 spiro atoms. The van der Waals surface area contributed by atoms with Gasteiger partial charge in [-0.1, -0.05) is 32.0 Å². The summed E-state index contributed by atoms with van der Waals surface area (Å²) in [6.45, 7) is 6.65. The average Bonchev–Trinajstić information content (AvgIpc) is 2.73. The van der Waals surface area contributed by atoms with E-state index in [1.807, 2.05) is 0 Å². The van der Waals surface area contributed by atoms with E-state index in [0.717, 1.165) is 31.2 Å². The number of rotatable bonds is 2. The summed E-state index contributed by atoms with van der Waals surface area (Å²) in [5, 5.41) is 3.73. The number of fused-ring (bicyclic) bond motifs is 2. The molecule has 3 rings (SSSR count). The largest absolute Gasteiger partial charge is 0.493 e. The van der Waals surface area contributed by atoms with E-state index in [0.29, 0.717) is 11.5 Å². The third-order valence-corrected chi connectivity index (χ3v) is 4.57. The van der Waals surface area contributed by atoms with Gasteiger partial charge in [-0.15, -0.1) is 0 Å². The third-order valence-electron chi connectivity index (χ3n) is 4.57. The zero-order chi connectivity index (χ0) is 12.6. The van der Waals surface area contributed by atoms with Gasteiger partial charge in [0.15, 0.2) is 0 Å². The second-order valence-corrected chi connectivity index (χ2v) is 6.14. The molecule has 2 aliphatic heterocycles. The minimum atomic E-state index is 0.319. The van der Waals surface area contributed by atoms with Gasteiger partial charge in [0.05, 0.1) is 6.61 Å². The van der Waals surface area contributed by atoms with Crippen LogP contribution in [0, 0.1) is 5.92 Å². The molecule has 2 aliphatic rings. The summed E-state index contributed by atoms with van der Waals surface area (Å²) < 4.78 is 5.84. The molecule has 0 amide bonds. The van der Waals surface area contributed by atoms with Crippen molar-refractivity contribution in [2.24, 2.45) is 5.92 Å². The van der Waals surface area contributed by atoms with Crippen LogP contribution in [0.25, 0.3) is 0 Å². The number of hydrogen-bond donors (Lipinski definition) is 1. The van der Waals surface area contributed by atoms with Crippen LogP contribution < -0.4 is 10.1 Å². The summed E-state index contributed by atoms with van der Waals surface area (Å²) in [6, 6.07) is 9.25. The lowest BCUT2D eigenvalue weighted by molar-refractivity contribution is 0.189. The third kappa shape index (κ3) is 1.83. The van der Waals surface area contributed by atoms with Crippen LogP contribution in [0.15, 0.2) is 24.3 Å². The molecule has 1 aromatic carbocycles. The lowest BCUT2D eigenvalue weighted by Crippen LogP contribution is -2.44. The van der Waals surface area contributed by atoms with Crippen molar-refractivity contribution in [1.82, 2.24) is 5.32 Å². The van der Waals surface area contributed by atoms with Gasteiger partial charge in [0.1, 0.15) is 5.75 Å². The molecule has 0 aromatic heterocycles. The molecule has 0 saturated carbocycles. The van der Waals surface area contributed by atoms with Gasteiger partial charge in [0, 0.05) is 17.0 Å².